The van der Waals surface area contributed by atoms with E-state index in [2.05, 4.69) is 4.99 Å². The van der Waals surface area contributed by atoms with Crippen molar-refractivity contribution in [2.45, 2.75) is 32.2 Å². The number of nitrogens with zero attached hydrogens (tertiary/aromatic N) is 3. The molecule has 1 saturated heterocycles. The Bertz CT molecular complexity index is 1200. The van der Waals surface area contributed by atoms with Crippen LogP contribution in [-0.4, -0.2) is 66.9 Å². The quantitative estimate of drug-likeness (QED) is 0.612. The summed E-state index contributed by atoms with van der Waals surface area (Å²) < 4.78 is 31.9. The topological polar surface area (TPSA) is 115 Å². The molecule has 0 saturated carbocycles. The fourth-order valence-corrected chi connectivity index (χ4v) is 5.76. The molecule has 3 rings (SSSR count). The molecule has 0 spiro atoms. The van der Waals surface area contributed by atoms with E-state index in [-0.39, 0.29) is 6.04 Å². The monoisotopic (exact) mass is 467 g/mol. The summed E-state index contributed by atoms with van der Waals surface area (Å²) in [6.45, 7) is 2.44. The second-order valence-corrected chi connectivity index (χ2v) is 10.7. The average molecular weight is 468 g/mol. The maximum atomic E-state index is 12.4. The molecule has 0 bridgehead atoms. The molecule has 1 fully saturated rings. The number of thiazole rings is 1. The number of hydrogen-bond donors (Lipinski definition) is 0. The van der Waals surface area contributed by atoms with E-state index in [0.717, 1.165) is 36.1 Å². The highest BCUT2D eigenvalue weighted by Gasteiger charge is 2.28. The molecule has 9 nitrogen and oxygen atoms in total. The smallest absolute Gasteiger partial charge is 0.337 e. The van der Waals surface area contributed by atoms with Gasteiger partial charge in [-0.2, -0.15) is 4.99 Å². The number of piperidine rings is 1. The fourth-order valence-electron chi connectivity index (χ4n) is 3.60. The van der Waals surface area contributed by atoms with E-state index in [0.29, 0.717) is 21.6 Å². The summed E-state index contributed by atoms with van der Waals surface area (Å²) in [6, 6.07) is 4.94. The van der Waals surface area contributed by atoms with E-state index in [9.17, 15) is 22.8 Å². The Morgan fingerprint density at radius 2 is 1.97 bits per heavy atom. The molecule has 31 heavy (non-hydrogen) atoms. The lowest BCUT2D eigenvalue weighted by molar-refractivity contribution is -0.131. The van der Waals surface area contributed by atoms with Gasteiger partial charge in [-0.1, -0.05) is 11.3 Å². The van der Waals surface area contributed by atoms with E-state index in [1.54, 1.807) is 34.7 Å². The lowest BCUT2D eigenvalue weighted by atomic mass is 10.0. The predicted molar refractivity (Wildman–Crippen MR) is 116 cm³/mol. The van der Waals surface area contributed by atoms with E-state index >= 15 is 0 Å². The minimum atomic E-state index is -3.94. The molecule has 0 radical (unpaired) electrons. The van der Waals surface area contributed by atoms with E-state index < -0.39 is 39.1 Å². The molecule has 2 heterocycles. The molecule has 2 aromatic rings. The number of aromatic nitrogens is 1. The maximum Gasteiger partial charge on any atom is 0.337 e. The summed E-state index contributed by atoms with van der Waals surface area (Å²) in [6.07, 6.45) is 2.72. The summed E-state index contributed by atoms with van der Waals surface area (Å²) >= 11 is 1.15. The highest BCUT2D eigenvalue weighted by atomic mass is 32.2. The van der Waals surface area contributed by atoms with Crippen molar-refractivity contribution in [2.75, 3.05) is 25.2 Å². The lowest BCUT2D eigenvalue weighted by Gasteiger charge is -2.33. The van der Waals surface area contributed by atoms with Crippen LogP contribution in [0.1, 0.15) is 36.5 Å². The molecule has 11 heteroatoms. The first kappa shape index (κ1) is 23.1. The number of fused-ring (bicyclic) bond motifs is 1. The number of amides is 2. The van der Waals surface area contributed by atoms with Crippen molar-refractivity contribution in [1.82, 2.24) is 9.47 Å². The van der Waals surface area contributed by atoms with Gasteiger partial charge in [0.25, 0.3) is 5.91 Å². The van der Waals surface area contributed by atoms with Crippen LogP contribution in [0.5, 0.6) is 0 Å². The number of esters is 1. The van der Waals surface area contributed by atoms with Gasteiger partial charge >= 0.3 is 5.97 Å². The number of hydrogen-bond acceptors (Lipinski definition) is 7. The summed E-state index contributed by atoms with van der Waals surface area (Å²) in [7, 11) is -0.955. The Morgan fingerprint density at radius 1 is 1.23 bits per heavy atom. The van der Waals surface area contributed by atoms with Gasteiger partial charge < -0.3 is 14.2 Å². The van der Waals surface area contributed by atoms with Crippen LogP contribution in [0, 0.1) is 0 Å². The number of ether oxygens (including phenoxy) is 1. The van der Waals surface area contributed by atoms with Crippen LogP contribution in [0.2, 0.25) is 0 Å². The van der Waals surface area contributed by atoms with E-state index in [4.69, 9.17) is 4.74 Å². The number of likely N-dealkylation sites (tertiary alicyclic amines) is 1. The lowest BCUT2D eigenvalue weighted by Crippen LogP contribution is -2.45. The molecular formula is C20H25N3O6S2. The van der Waals surface area contributed by atoms with Gasteiger partial charge in [-0.3, -0.25) is 9.59 Å². The number of carbonyl (C=O) groups is 3. The predicted octanol–water partition coefficient (Wildman–Crippen LogP) is 1.27. The van der Waals surface area contributed by atoms with Gasteiger partial charge in [-0.25, -0.2) is 13.2 Å². The zero-order chi connectivity index (χ0) is 22.8. The summed E-state index contributed by atoms with van der Waals surface area (Å²) in [5.41, 5.74) is 1.10. The fraction of sp³-hybridized carbons (Fsp3) is 0.500. The number of methoxy groups -OCH3 is 1. The third-order valence-electron chi connectivity index (χ3n) is 5.26. The van der Waals surface area contributed by atoms with E-state index in [1.165, 1.54) is 7.11 Å². The largest absolute Gasteiger partial charge is 0.465 e. The van der Waals surface area contributed by atoms with Crippen LogP contribution in [0.15, 0.2) is 23.2 Å². The van der Waals surface area contributed by atoms with Crippen molar-refractivity contribution >= 4 is 49.2 Å². The first-order valence-electron chi connectivity index (χ1n) is 9.86. The molecule has 1 aliphatic rings. The van der Waals surface area contributed by atoms with Gasteiger partial charge in [-0.05, 0) is 44.4 Å². The molecular weight excluding hydrogens is 442 g/mol. The molecule has 1 aromatic carbocycles. The zero-order valence-electron chi connectivity index (χ0n) is 17.7. The summed E-state index contributed by atoms with van der Waals surface area (Å²) in [5.74, 6) is -3.31. The SMILES string of the molecule is COC(=O)c1ccc2c(c1)sc(=NC(=O)CS(=O)(=O)CC(=O)N1CCCCC1C)n2C. The van der Waals surface area contributed by atoms with Gasteiger partial charge in [0.1, 0.15) is 11.5 Å². The van der Waals surface area contributed by atoms with Gasteiger partial charge in [-0.15, -0.1) is 0 Å². The van der Waals surface area contributed by atoms with Crippen molar-refractivity contribution in [3.63, 3.8) is 0 Å². The molecule has 168 valence electrons. The van der Waals surface area contributed by atoms with Crippen LogP contribution in [0.25, 0.3) is 10.2 Å². The molecule has 2 amide bonds. The molecule has 1 aromatic heterocycles. The van der Waals surface area contributed by atoms with E-state index in [1.807, 2.05) is 6.92 Å². The van der Waals surface area contributed by atoms with Gasteiger partial charge in [0.15, 0.2) is 14.6 Å². The Kier molecular flexibility index (Phi) is 6.95. The van der Waals surface area contributed by atoms with Crippen molar-refractivity contribution in [1.29, 1.82) is 0 Å². The van der Waals surface area contributed by atoms with Crippen LogP contribution in [0.4, 0.5) is 0 Å². The van der Waals surface area contributed by atoms with Crippen molar-refractivity contribution < 1.29 is 27.5 Å². The molecule has 0 aliphatic carbocycles. The maximum absolute atomic E-state index is 12.4. The number of carbonyl (C=O) groups excluding carboxylic acids is 3. The van der Waals surface area contributed by atoms with Crippen LogP contribution in [0.3, 0.4) is 0 Å². The standard InChI is InChI=1S/C20H25N3O6S2/c1-13-6-4-5-9-23(13)18(25)12-31(27,28)11-17(24)21-20-22(2)15-8-7-14(19(26)29-3)10-16(15)30-20/h7-8,10,13H,4-6,9,11-12H2,1-3H3. The Labute approximate surface area is 184 Å². The summed E-state index contributed by atoms with van der Waals surface area (Å²) in [4.78, 5) is 42.3. The number of rotatable bonds is 5. The molecule has 0 N–H and O–H groups in total. The normalized spacial score (nSPS) is 17.7. The highest BCUT2D eigenvalue weighted by molar-refractivity contribution is 7.92. The molecule has 1 unspecified atom stereocenters. The molecule has 1 aliphatic heterocycles. The van der Waals surface area contributed by atoms with Crippen molar-refractivity contribution in [3.05, 3.63) is 28.6 Å². The first-order chi connectivity index (χ1) is 14.6. The Morgan fingerprint density at radius 3 is 2.65 bits per heavy atom. The Hall–Kier alpha value is -2.53. The first-order valence-corrected chi connectivity index (χ1v) is 12.5. The van der Waals surface area contributed by atoms with Gasteiger partial charge in [0.05, 0.1) is 22.9 Å². The van der Waals surface area contributed by atoms with Crippen molar-refractivity contribution in [3.8, 4) is 0 Å². The zero-order valence-corrected chi connectivity index (χ0v) is 19.3. The van der Waals surface area contributed by atoms with Gasteiger partial charge in [0.2, 0.25) is 5.91 Å². The van der Waals surface area contributed by atoms with Crippen LogP contribution in [-0.2, 0) is 31.2 Å². The molecule has 1 atom stereocenters. The van der Waals surface area contributed by atoms with Crippen LogP contribution >= 0.6 is 11.3 Å². The number of benzene rings is 1. The average Bonchev–Trinajstić information content (AvgIpc) is 3.01. The number of aryl methyl sites for hydroxylation is 1. The third-order valence-corrected chi connectivity index (χ3v) is 7.73. The highest BCUT2D eigenvalue weighted by Crippen LogP contribution is 2.19. The Balaban J connectivity index is 1.76. The van der Waals surface area contributed by atoms with Crippen LogP contribution < -0.4 is 4.80 Å². The third kappa shape index (κ3) is 5.40. The minimum Gasteiger partial charge on any atom is -0.465 e. The number of sulfone groups is 1. The second-order valence-electron chi connectivity index (χ2n) is 7.59. The second kappa shape index (κ2) is 9.31. The summed E-state index contributed by atoms with van der Waals surface area (Å²) in [5, 5.41) is 0. The van der Waals surface area contributed by atoms with Gasteiger partial charge in [0, 0.05) is 19.6 Å². The van der Waals surface area contributed by atoms with Crippen molar-refractivity contribution in [2.24, 2.45) is 12.0 Å². The minimum absolute atomic E-state index is 0.00400.